The number of carbonyl (C=O) groups excluding carboxylic acids is 2. The number of hydrogen-bond donors (Lipinski definition) is 1. The molecule has 11 heteroatoms. The van der Waals surface area contributed by atoms with Gasteiger partial charge in [-0.1, -0.05) is 36.7 Å². The van der Waals surface area contributed by atoms with Crippen LogP contribution in [0, 0.1) is 11.8 Å². The van der Waals surface area contributed by atoms with E-state index in [9.17, 15) is 22.8 Å². The Morgan fingerprint density at radius 2 is 1.65 bits per heavy atom. The lowest BCUT2D eigenvalue weighted by Crippen LogP contribution is -2.34. The summed E-state index contributed by atoms with van der Waals surface area (Å²) in [4.78, 5) is 27.4. The van der Waals surface area contributed by atoms with Gasteiger partial charge in [0, 0.05) is 0 Å². The van der Waals surface area contributed by atoms with Gasteiger partial charge in [0.25, 0.3) is 0 Å². The first kappa shape index (κ1) is 29.6. The van der Waals surface area contributed by atoms with Crippen LogP contribution in [0.5, 0.6) is 0 Å². The Balaban J connectivity index is 1.60. The van der Waals surface area contributed by atoms with Crippen LogP contribution in [0.3, 0.4) is 0 Å². The second-order valence-electron chi connectivity index (χ2n) is 11.2. The molecular formula is C29H32ClF3N4O3. The number of nitrogens with zero attached hydrogens (tertiary/aromatic N) is 3. The number of rotatable bonds is 9. The van der Waals surface area contributed by atoms with Gasteiger partial charge in [0.05, 0.1) is 47.0 Å². The van der Waals surface area contributed by atoms with Crippen LogP contribution in [-0.2, 0) is 14.3 Å². The molecule has 1 aromatic heterocycles. The fourth-order valence-corrected chi connectivity index (χ4v) is 4.88. The van der Waals surface area contributed by atoms with E-state index in [2.05, 4.69) is 15.5 Å². The van der Waals surface area contributed by atoms with E-state index in [0.717, 1.165) is 25.3 Å². The van der Waals surface area contributed by atoms with Gasteiger partial charge in [-0.15, -0.1) is 0 Å². The van der Waals surface area contributed by atoms with Crippen LogP contribution in [0.1, 0.15) is 69.9 Å². The highest BCUT2D eigenvalue weighted by molar-refractivity contribution is 6.33. The Morgan fingerprint density at radius 1 is 1.05 bits per heavy atom. The number of alkyl halides is 3. The van der Waals surface area contributed by atoms with Crippen molar-refractivity contribution in [3.8, 4) is 5.69 Å². The van der Waals surface area contributed by atoms with Crippen molar-refractivity contribution >= 4 is 29.2 Å². The third-order valence-corrected chi connectivity index (χ3v) is 7.20. The molecule has 214 valence electrons. The normalized spacial score (nSPS) is 16.2. The van der Waals surface area contributed by atoms with Crippen molar-refractivity contribution in [3.63, 3.8) is 0 Å². The Labute approximate surface area is 236 Å². The number of nitrogens with one attached hydrogen (secondary N) is 1. The molecule has 1 aliphatic carbocycles. The summed E-state index contributed by atoms with van der Waals surface area (Å²) in [5.41, 5.74) is 1.06. The van der Waals surface area contributed by atoms with Crippen molar-refractivity contribution in [1.29, 1.82) is 0 Å². The number of esters is 1. The van der Waals surface area contributed by atoms with E-state index >= 15 is 0 Å². The van der Waals surface area contributed by atoms with Gasteiger partial charge in [-0.2, -0.15) is 28.2 Å². The molecule has 0 radical (unpaired) electrons. The minimum absolute atomic E-state index is 0.155. The summed E-state index contributed by atoms with van der Waals surface area (Å²) in [6.07, 6.45) is 0.395. The van der Waals surface area contributed by atoms with E-state index in [0.29, 0.717) is 5.69 Å². The number of benzene rings is 2. The Hall–Kier alpha value is -3.40. The standard InChI is InChI=1S/C29H32ClF3N4O3/c1-17(29(31,32)33)26(19-7-10-21(11-8-19)37-34-13-14-35-37)27(39)36-24-15-20(9-12-23(24)30)22(18-5-6-18)16-25(38)40-28(2,3)4/h7-15,17-18,22,26H,5-6,16H2,1-4H3,(H,36,39)/t17-,22+,26?/m1/s1. The molecule has 1 fully saturated rings. The van der Waals surface area contributed by atoms with Gasteiger partial charge in [-0.3, -0.25) is 9.59 Å². The van der Waals surface area contributed by atoms with Crippen LogP contribution in [0.15, 0.2) is 54.9 Å². The third kappa shape index (κ3) is 7.41. The quantitative estimate of drug-likeness (QED) is 0.275. The summed E-state index contributed by atoms with van der Waals surface area (Å²) in [6, 6.07) is 11.1. The molecule has 1 N–H and O–H groups in total. The van der Waals surface area contributed by atoms with Gasteiger partial charge in [0.2, 0.25) is 5.91 Å². The SMILES string of the molecule is C[C@H](C(C(=O)Nc1cc([C@@H](CC(=O)OC(C)(C)C)C2CC2)ccc1Cl)c1ccc(-n2nccn2)cc1)C(F)(F)F. The number of aromatic nitrogens is 3. The van der Waals surface area contributed by atoms with Gasteiger partial charge < -0.3 is 10.1 Å². The Morgan fingerprint density at radius 3 is 2.20 bits per heavy atom. The van der Waals surface area contributed by atoms with Gasteiger partial charge >= 0.3 is 12.1 Å². The molecule has 40 heavy (non-hydrogen) atoms. The highest BCUT2D eigenvalue weighted by Crippen LogP contribution is 2.46. The zero-order chi connectivity index (χ0) is 29.2. The van der Waals surface area contributed by atoms with E-state index in [4.69, 9.17) is 16.3 Å². The van der Waals surface area contributed by atoms with Gasteiger partial charge in [0.1, 0.15) is 5.60 Å². The van der Waals surface area contributed by atoms with E-state index in [1.165, 1.54) is 29.3 Å². The van der Waals surface area contributed by atoms with Crippen molar-refractivity contribution in [2.45, 2.75) is 70.6 Å². The summed E-state index contributed by atoms with van der Waals surface area (Å²) in [7, 11) is 0. The van der Waals surface area contributed by atoms with Gasteiger partial charge in [0.15, 0.2) is 0 Å². The van der Waals surface area contributed by atoms with E-state index in [1.54, 1.807) is 51.1 Å². The molecule has 0 spiro atoms. The second kappa shape index (κ2) is 11.6. The molecule has 4 rings (SSSR count). The number of carbonyl (C=O) groups is 2. The van der Waals surface area contributed by atoms with Gasteiger partial charge in [-0.25, -0.2) is 0 Å². The lowest BCUT2D eigenvalue weighted by molar-refractivity contribution is -0.178. The summed E-state index contributed by atoms with van der Waals surface area (Å²) in [5.74, 6) is -4.58. The van der Waals surface area contributed by atoms with Crippen molar-refractivity contribution < 1.29 is 27.5 Å². The summed E-state index contributed by atoms with van der Waals surface area (Å²) >= 11 is 6.39. The van der Waals surface area contributed by atoms with Crippen LogP contribution in [0.2, 0.25) is 5.02 Å². The molecule has 0 bridgehead atoms. The number of halogens is 4. The van der Waals surface area contributed by atoms with Crippen LogP contribution in [0.4, 0.5) is 18.9 Å². The van der Waals surface area contributed by atoms with Crippen LogP contribution < -0.4 is 5.32 Å². The molecule has 1 saturated carbocycles. The predicted molar refractivity (Wildman–Crippen MR) is 145 cm³/mol. The molecule has 0 aliphatic heterocycles. The molecule has 1 unspecified atom stereocenters. The average Bonchev–Trinajstić information content (AvgIpc) is 3.55. The summed E-state index contributed by atoms with van der Waals surface area (Å²) < 4.78 is 47.2. The topological polar surface area (TPSA) is 86.1 Å². The van der Waals surface area contributed by atoms with Crippen LogP contribution in [-0.4, -0.2) is 38.6 Å². The number of ether oxygens (including phenoxy) is 1. The van der Waals surface area contributed by atoms with Crippen molar-refractivity contribution in [3.05, 3.63) is 71.0 Å². The first-order valence-corrected chi connectivity index (χ1v) is 13.5. The maximum atomic E-state index is 13.9. The molecule has 3 atom stereocenters. The van der Waals surface area contributed by atoms with Crippen LogP contribution >= 0.6 is 11.6 Å². The third-order valence-electron chi connectivity index (χ3n) is 6.87. The maximum Gasteiger partial charge on any atom is 0.392 e. The lowest BCUT2D eigenvalue weighted by atomic mass is 9.85. The Bertz CT molecular complexity index is 1330. The average molecular weight is 577 g/mol. The predicted octanol–water partition coefficient (Wildman–Crippen LogP) is 7.07. The Kier molecular flexibility index (Phi) is 8.58. The number of hydrogen-bond acceptors (Lipinski definition) is 5. The minimum atomic E-state index is -4.62. The van der Waals surface area contributed by atoms with Crippen molar-refractivity contribution in [2.75, 3.05) is 5.32 Å². The van der Waals surface area contributed by atoms with E-state index in [-0.39, 0.29) is 40.5 Å². The fraction of sp³-hybridized carbons (Fsp3) is 0.448. The molecule has 2 aromatic carbocycles. The summed E-state index contributed by atoms with van der Waals surface area (Å²) in [5, 5.41) is 10.8. The molecular weight excluding hydrogens is 545 g/mol. The van der Waals surface area contributed by atoms with E-state index < -0.39 is 29.5 Å². The maximum absolute atomic E-state index is 13.9. The van der Waals surface area contributed by atoms with Crippen LogP contribution in [0.25, 0.3) is 5.69 Å². The lowest BCUT2D eigenvalue weighted by Gasteiger charge is -2.26. The van der Waals surface area contributed by atoms with Gasteiger partial charge in [-0.05, 0) is 80.8 Å². The summed E-state index contributed by atoms with van der Waals surface area (Å²) in [6.45, 7) is 6.38. The monoisotopic (exact) mass is 576 g/mol. The highest BCUT2D eigenvalue weighted by Gasteiger charge is 2.45. The first-order valence-electron chi connectivity index (χ1n) is 13.1. The van der Waals surface area contributed by atoms with E-state index in [1.807, 2.05) is 0 Å². The fourth-order valence-electron chi connectivity index (χ4n) is 4.72. The zero-order valence-corrected chi connectivity index (χ0v) is 23.5. The molecule has 1 amide bonds. The van der Waals surface area contributed by atoms with Crippen molar-refractivity contribution in [1.82, 2.24) is 15.0 Å². The highest BCUT2D eigenvalue weighted by atomic mass is 35.5. The minimum Gasteiger partial charge on any atom is -0.460 e. The number of amides is 1. The first-order chi connectivity index (χ1) is 18.7. The molecule has 3 aromatic rings. The molecule has 1 heterocycles. The van der Waals surface area contributed by atoms with Crippen molar-refractivity contribution in [2.24, 2.45) is 11.8 Å². The molecule has 0 saturated heterocycles. The largest absolute Gasteiger partial charge is 0.460 e. The second-order valence-corrected chi connectivity index (χ2v) is 11.6. The smallest absolute Gasteiger partial charge is 0.392 e. The number of anilines is 1. The zero-order valence-electron chi connectivity index (χ0n) is 22.7. The molecule has 7 nitrogen and oxygen atoms in total. The molecule has 1 aliphatic rings.